The average Bonchev–Trinajstić information content (AvgIpc) is 2.60. The zero-order valence-corrected chi connectivity index (χ0v) is 16.2. The van der Waals surface area contributed by atoms with Gasteiger partial charge < -0.3 is 25.4 Å². The van der Waals surface area contributed by atoms with Crippen LogP contribution in [0.5, 0.6) is 5.75 Å². The molecule has 0 heterocycles. The molecule has 1 saturated carbocycles. The zero-order chi connectivity index (χ0) is 19.5. The molecule has 26 heavy (non-hydrogen) atoms. The second-order valence-electron chi connectivity index (χ2n) is 7.40. The molecule has 1 fully saturated rings. The third kappa shape index (κ3) is 3.83. The summed E-state index contributed by atoms with van der Waals surface area (Å²) in [5.74, 6) is 0.208. The van der Waals surface area contributed by atoms with Crippen molar-refractivity contribution in [1.82, 2.24) is 4.90 Å². The molecule has 144 valence electrons. The Morgan fingerprint density at radius 2 is 1.88 bits per heavy atom. The smallest absolute Gasteiger partial charge is 0.259 e. The quantitative estimate of drug-likeness (QED) is 0.768. The number of nitrogens with two attached hydrogens (primary N) is 1. The number of nitrogens with zero attached hydrogens (tertiary/aromatic N) is 1. The molecule has 0 aromatic heterocycles. The highest BCUT2D eigenvalue weighted by atomic mass is 16.5. The number of rotatable bonds is 7. The van der Waals surface area contributed by atoms with E-state index in [0.29, 0.717) is 24.5 Å². The molecule has 2 atom stereocenters. The van der Waals surface area contributed by atoms with Crippen LogP contribution >= 0.6 is 0 Å². The van der Waals surface area contributed by atoms with Crippen molar-refractivity contribution in [2.75, 3.05) is 32.6 Å². The minimum Gasteiger partial charge on any atom is -0.484 e. The summed E-state index contributed by atoms with van der Waals surface area (Å²) in [4.78, 5) is 25.7. The Morgan fingerprint density at radius 1 is 1.27 bits per heavy atom. The number of carbonyl (C=O) groups excluding carboxylic acids is 2. The first kappa shape index (κ1) is 20.2. The van der Waals surface area contributed by atoms with Crippen LogP contribution in [0, 0.1) is 5.41 Å². The van der Waals surface area contributed by atoms with Crippen molar-refractivity contribution in [2.24, 2.45) is 11.1 Å². The molecular formula is C19H29N3O4. The number of ether oxygens (including phenoxy) is 2. The van der Waals surface area contributed by atoms with Gasteiger partial charge in [-0.05, 0) is 31.2 Å². The van der Waals surface area contributed by atoms with Gasteiger partial charge in [-0.1, -0.05) is 13.8 Å². The summed E-state index contributed by atoms with van der Waals surface area (Å²) in [7, 11) is 3.34. The van der Waals surface area contributed by atoms with Gasteiger partial charge in [-0.15, -0.1) is 0 Å². The standard InChI is InChI=1S/C19H29N3O4/c1-6-25-15-11-19(20,18(15,2)3)17(24)21-13-7-9-14(10-8-13)26-12-16(23)22(4)5/h7-10,15H,6,11-12,20H2,1-5H3,(H,21,24). The van der Waals surface area contributed by atoms with Crippen molar-refractivity contribution in [3.63, 3.8) is 0 Å². The Labute approximate surface area is 154 Å². The minimum absolute atomic E-state index is 0.0201. The summed E-state index contributed by atoms with van der Waals surface area (Å²) in [5.41, 5.74) is 5.59. The number of carbonyl (C=O) groups is 2. The molecule has 0 aliphatic heterocycles. The van der Waals surface area contributed by atoms with Crippen molar-refractivity contribution in [1.29, 1.82) is 0 Å². The molecule has 1 aromatic rings. The van der Waals surface area contributed by atoms with E-state index in [4.69, 9.17) is 15.2 Å². The topological polar surface area (TPSA) is 93.9 Å². The summed E-state index contributed by atoms with van der Waals surface area (Å²) in [6.07, 6.45) is 0.473. The maximum atomic E-state index is 12.7. The molecule has 7 nitrogen and oxygen atoms in total. The molecule has 0 radical (unpaired) electrons. The normalized spacial score (nSPS) is 23.7. The lowest BCUT2D eigenvalue weighted by Crippen LogP contribution is -2.74. The van der Waals surface area contributed by atoms with Gasteiger partial charge in [0.05, 0.1) is 6.10 Å². The Kier molecular flexibility index (Phi) is 5.93. The highest BCUT2D eigenvalue weighted by molar-refractivity contribution is 5.99. The van der Waals surface area contributed by atoms with Crippen LogP contribution < -0.4 is 15.8 Å². The monoisotopic (exact) mass is 363 g/mol. The summed E-state index contributed by atoms with van der Waals surface area (Å²) in [6.45, 7) is 6.41. The van der Waals surface area contributed by atoms with Gasteiger partial charge in [0, 0.05) is 38.2 Å². The van der Waals surface area contributed by atoms with E-state index in [1.807, 2.05) is 20.8 Å². The van der Waals surface area contributed by atoms with Crippen molar-refractivity contribution in [3.05, 3.63) is 24.3 Å². The number of likely N-dealkylation sites (N-methyl/N-ethyl adjacent to an activating group) is 1. The van der Waals surface area contributed by atoms with Crippen LogP contribution in [0.25, 0.3) is 0 Å². The molecule has 1 aromatic carbocycles. The van der Waals surface area contributed by atoms with E-state index in [9.17, 15) is 9.59 Å². The first-order valence-electron chi connectivity index (χ1n) is 8.76. The average molecular weight is 363 g/mol. The van der Waals surface area contributed by atoms with Crippen LogP contribution in [0.3, 0.4) is 0 Å². The van der Waals surface area contributed by atoms with Gasteiger partial charge >= 0.3 is 0 Å². The molecule has 2 rings (SSSR count). The van der Waals surface area contributed by atoms with Crippen LogP contribution in [0.1, 0.15) is 27.2 Å². The predicted octanol–water partition coefficient (Wildman–Crippen LogP) is 1.62. The Balaban J connectivity index is 1.95. The van der Waals surface area contributed by atoms with Crippen molar-refractivity contribution in [3.8, 4) is 5.75 Å². The van der Waals surface area contributed by atoms with Gasteiger partial charge in [0.1, 0.15) is 11.3 Å². The predicted molar refractivity (Wildman–Crippen MR) is 100.0 cm³/mol. The van der Waals surface area contributed by atoms with Crippen molar-refractivity contribution >= 4 is 17.5 Å². The molecule has 2 unspecified atom stereocenters. The van der Waals surface area contributed by atoms with Gasteiger partial charge in [0.2, 0.25) is 5.91 Å². The third-order valence-corrected chi connectivity index (χ3v) is 5.21. The Bertz CT molecular complexity index is 657. The molecule has 0 saturated heterocycles. The lowest BCUT2D eigenvalue weighted by atomic mass is 9.54. The molecule has 7 heteroatoms. The number of hydrogen-bond donors (Lipinski definition) is 2. The Hall–Kier alpha value is -2.12. The van der Waals surface area contributed by atoms with Gasteiger partial charge in [-0.3, -0.25) is 9.59 Å². The van der Waals surface area contributed by atoms with Gasteiger partial charge in [0.25, 0.3) is 5.91 Å². The first-order valence-corrected chi connectivity index (χ1v) is 8.76. The molecule has 3 N–H and O–H groups in total. The van der Waals surface area contributed by atoms with E-state index in [2.05, 4.69) is 5.32 Å². The summed E-state index contributed by atoms with van der Waals surface area (Å²) < 4.78 is 11.1. The molecule has 1 aliphatic carbocycles. The van der Waals surface area contributed by atoms with Gasteiger partial charge in [0.15, 0.2) is 6.61 Å². The van der Waals surface area contributed by atoms with Crippen LogP contribution in [-0.4, -0.2) is 55.7 Å². The van der Waals surface area contributed by atoms with Crippen LogP contribution in [-0.2, 0) is 14.3 Å². The number of benzene rings is 1. The largest absolute Gasteiger partial charge is 0.484 e. The number of nitrogens with one attached hydrogen (secondary N) is 1. The maximum Gasteiger partial charge on any atom is 0.259 e. The fraction of sp³-hybridized carbons (Fsp3) is 0.579. The van der Waals surface area contributed by atoms with Gasteiger partial charge in [-0.2, -0.15) is 0 Å². The van der Waals surface area contributed by atoms with Crippen molar-refractivity contribution < 1.29 is 19.1 Å². The fourth-order valence-electron chi connectivity index (χ4n) is 2.97. The summed E-state index contributed by atoms with van der Waals surface area (Å²) in [6, 6.07) is 6.86. The van der Waals surface area contributed by atoms with Crippen molar-refractivity contribution in [2.45, 2.75) is 38.8 Å². The van der Waals surface area contributed by atoms with Crippen LogP contribution in [0.2, 0.25) is 0 Å². The third-order valence-electron chi connectivity index (χ3n) is 5.21. The summed E-state index contributed by atoms with van der Waals surface area (Å²) >= 11 is 0. The maximum absolute atomic E-state index is 12.7. The molecular weight excluding hydrogens is 334 g/mol. The number of anilines is 1. The van der Waals surface area contributed by atoms with E-state index in [0.717, 1.165) is 0 Å². The lowest BCUT2D eigenvalue weighted by Gasteiger charge is -2.57. The van der Waals surface area contributed by atoms with Gasteiger partial charge in [-0.25, -0.2) is 0 Å². The fourth-order valence-corrected chi connectivity index (χ4v) is 2.97. The lowest BCUT2D eigenvalue weighted by molar-refractivity contribution is -0.166. The molecule has 2 amide bonds. The second kappa shape index (κ2) is 7.63. The molecule has 0 bridgehead atoms. The van der Waals surface area contributed by atoms with E-state index in [-0.39, 0.29) is 24.5 Å². The number of hydrogen-bond acceptors (Lipinski definition) is 5. The van der Waals surface area contributed by atoms with E-state index >= 15 is 0 Å². The van der Waals surface area contributed by atoms with E-state index in [1.165, 1.54) is 4.90 Å². The molecule has 1 aliphatic rings. The number of amides is 2. The van der Waals surface area contributed by atoms with Crippen LogP contribution in [0.4, 0.5) is 5.69 Å². The second-order valence-corrected chi connectivity index (χ2v) is 7.40. The minimum atomic E-state index is -0.972. The van der Waals surface area contributed by atoms with E-state index < -0.39 is 11.0 Å². The van der Waals surface area contributed by atoms with E-state index in [1.54, 1.807) is 38.4 Å². The zero-order valence-electron chi connectivity index (χ0n) is 16.2. The SMILES string of the molecule is CCOC1CC(N)(C(=O)Nc2ccc(OCC(=O)N(C)C)cc2)C1(C)C. The molecule has 0 spiro atoms. The summed E-state index contributed by atoms with van der Waals surface area (Å²) in [5, 5.41) is 2.86. The first-order chi connectivity index (χ1) is 12.1. The highest BCUT2D eigenvalue weighted by Crippen LogP contribution is 2.50. The Morgan fingerprint density at radius 3 is 2.38 bits per heavy atom. The van der Waals surface area contributed by atoms with Crippen LogP contribution in [0.15, 0.2) is 24.3 Å². The highest BCUT2D eigenvalue weighted by Gasteiger charge is 2.62.